The van der Waals surface area contributed by atoms with Crippen molar-refractivity contribution < 1.29 is 0 Å². The van der Waals surface area contributed by atoms with Crippen LogP contribution in [0.5, 0.6) is 0 Å². The van der Waals surface area contributed by atoms with Crippen LogP contribution in [-0.4, -0.2) is 0 Å². The molecule has 0 radical (unpaired) electrons. The topological polar surface area (TPSA) is 0 Å². The van der Waals surface area contributed by atoms with E-state index in [9.17, 15) is 0 Å². The van der Waals surface area contributed by atoms with Crippen LogP contribution >= 0.6 is 61.7 Å². The van der Waals surface area contributed by atoms with E-state index in [0.29, 0.717) is 10.4 Å². The molecule has 11 heavy (non-hydrogen) atoms. The number of rotatable bonds is 1. The van der Waals surface area contributed by atoms with Gasteiger partial charge in [-0.2, -0.15) is 0 Å². The molecule has 0 aliphatic heterocycles. The second-order valence-electron chi connectivity index (χ2n) is 1.96. The van der Waals surface area contributed by atoms with E-state index in [-0.39, 0.29) is 0 Å². The third-order valence-electron chi connectivity index (χ3n) is 1.27. The highest BCUT2D eigenvalue weighted by Gasteiger charge is 2.06. The molecule has 60 valence electrons. The van der Waals surface area contributed by atoms with Gasteiger partial charge < -0.3 is 0 Å². The Labute approximate surface area is 97.5 Å². The first kappa shape index (κ1) is 10.1. The van der Waals surface area contributed by atoms with E-state index < -0.39 is 0 Å². The Hall–Kier alpha value is 1.01. The van der Waals surface area contributed by atoms with Crippen LogP contribution in [0.15, 0.2) is 12.1 Å². The first-order valence-corrected chi connectivity index (χ1v) is 5.80. The van der Waals surface area contributed by atoms with Crippen molar-refractivity contribution in [3.63, 3.8) is 0 Å². The summed E-state index contributed by atoms with van der Waals surface area (Å²) in [6.07, 6.45) is 0. The van der Waals surface area contributed by atoms with Crippen molar-refractivity contribution in [3.8, 4) is 0 Å². The van der Waals surface area contributed by atoms with E-state index in [2.05, 4.69) is 38.5 Å². The van der Waals surface area contributed by atoms with Gasteiger partial charge in [0, 0.05) is 19.5 Å². The molecule has 0 aromatic heterocycles. The maximum atomic E-state index is 5.98. The maximum absolute atomic E-state index is 5.98. The Kier molecular flexibility index (Phi) is 3.95. The highest BCUT2D eigenvalue weighted by Crippen LogP contribution is 2.30. The lowest BCUT2D eigenvalue weighted by Crippen LogP contribution is -1.84. The SMILES string of the molecule is Clc1ccc(I)c(Cl)c1CBr. The molecule has 1 rings (SSSR count). The number of hydrogen-bond acceptors (Lipinski definition) is 0. The Bertz CT molecular complexity index is 275. The molecule has 0 saturated heterocycles. The van der Waals surface area contributed by atoms with Gasteiger partial charge in [0.15, 0.2) is 0 Å². The molecule has 4 heteroatoms. The molecule has 0 N–H and O–H groups in total. The molecule has 0 nitrogen and oxygen atoms in total. The van der Waals surface area contributed by atoms with Gasteiger partial charge in [0.1, 0.15) is 0 Å². The first-order valence-electron chi connectivity index (χ1n) is 2.85. The van der Waals surface area contributed by atoms with Crippen LogP contribution < -0.4 is 0 Å². The van der Waals surface area contributed by atoms with Crippen molar-refractivity contribution in [1.29, 1.82) is 0 Å². The predicted molar refractivity (Wildman–Crippen MR) is 61.8 cm³/mol. The normalized spacial score (nSPS) is 10.2. The van der Waals surface area contributed by atoms with Crippen molar-refractivity contribution in [2.24, 2.45) is 0 Å². The molecular weight excluding hydrogens is 362 g/mol. The number of alkyl halides is 1. The van der Waals surface area contributed by atoms with Crippen LogP contribution in [0.25, 0.3) is 0 Å². The number of benzene rings is 1. The molecule has 1 aromatic carbocycles. The lowest BCUT2D eigenvalue weighted by Gasteiger charge is -2.03. The third-order valence-corrected chi connectivity index (χ3v) is 3.84. The summed E-state index contributed by atoms with van der Waals surface area (Å²) in [6, 6.07) is 3.75. The summed E-state index contributed by atoms with van der Waals surface area (Å²) in [4.78, 5) is 0. The van der Waals surface area contributed by atoms with E-state index in [0.717, 1.165) is 14.2 Å². The van der Waals surface area contributed by atoms with Crippen LogP contribution in [0.3, 0.4) is 0 Å². The minimum atomic E-state index is 0.696. The lowest BCUT2D eigenvalue weighted by atomic mass is 10.2. The molecule has 0 unspecified atom stereocenters. The van der Waals surface area contributed by atoms with E-state index in [1.807, 2.05) is 12.1 Å². The van der Waals surface area contributed by atoms with Crippen molar-refractivity contribution in [2.45, 2.75) is 5.33 Å². The van der Waals surface area contributed by atoms with Gasteiger partial charge >= 0.3 is 0 Å². The van der Waals surface area contributed by atoms with E-state index in [1.165, 1.54) is 0 Å². The van der Waals surface area contributed by atoms with E-state index >= 15 is 0 Å². The molecule has 0 aliphatic carbocycles. The fraction of sp³-hybridized carbons (Fsp3) is 0.143. The first-order chi connectivity index (χ1) is 5.16. The molecule has 0 bridgehead atoms. The highest BCUT2D eigenvalue weighted by molar-refractivity contribution is 14.1. The molecule has 1 aromatic rings. The third kappa shape index (κ3) is 2.23. The fourth-order valence-electron chi connectivity index (χ4n) is 0.692. The zero-order valence-electron chi connectivity index (χ0n) is 5.37. The Morgan fingerprint density at radius 1 is 1.36 bits per heavy atom. The van der Waals surface area contributed by atoms with Crippen LogP contribution in [-0.2, 0) is 5.33 Å². The van der Waals surface area contributed by atoms with Crippen molar-refractivity contribution in [3.05, 3.63) is 31.3 Å². The van der Waals surface area contributed by atoms with Crippen molar-refractivity contribution >= 4 is 61.7 Å². The van der Waals surface area contributed by atoms with Crippen LogP contribution in [0.4, 0.5) is 0 Å². The summed E-state index contributed by atoms with van der Waals surface area (Å²) in [5, 5.41) is 2.16. The molecule has 0 saturated carbocycles. The minimum Gasteiger partial charge on any atom is -0.0875 e. The highest BCUT2D eigenvalue weighted by atomic mass is 127. The Morgan fingerprint density at radius 2 is 2.00 bits per heavy atom. The molecular formula is C7H4BrCl2I. The van der Waals surface area contributed by atoms with Crippen LogP contribution in [0, 0.1) is 3.57 Å². The lowest BCUT2D eigenvalue weighted by molar-refractivity contribution is 1.42. The van der Waals surface area contributed by atoms with Gasteiger partial charge in [0.25, 0.3) is 0 Å². The molecule has 0 spiro atoms. The van der Waals surface area contributed by atoms with Gasteiger partial charge in [-0.3, -0.25) is 0 Å². The second-order valence-corrected chi connectivity index (χ2v) is 4.46. The van der Waals surface area contributed by atoms with Crippen LogP contribution in [0.1, 0.15) is 5.56 Å². The van der Waals surface area contributed by atoms with Gasteiger partial charge in [0.2, 0.25) is 0 Å². The second kappa shape index (κ2) is 4.30. The van der Waals surface area contributed by atoms with Gasteiger partial charge in [-0.15, -0.1) is 0 Å². The zero-order chi connectivity index (χ0) is 8.43. The maximum Gasteiger partial charge on any atom is 0.0594 e. The molecule has 0 amide bonds. The van der Waals surface area contributed by atoms with E-state index in [1.54, 1.807) is 0 Å². The summed E-state index contributed by atoms with van der Waals surface area (Å²) in [6.45, 7) is 0. The Balaban J connectivity index is 3.29. The average molecular weight is 366 g/mol. The molecule has 0 heterocycles. The van der Waals surface area contributed by atoms with E-state index in [4.69, 9.17) is 23.2 Å². The Morgan fingerprint density at radius 3 is 2.45 bits per heavy atom. The summed E-state index contributed by atoms with van der Waals surface area (Å²) >= 11 is 17.4. The van der Waals surface area contributed by atoms with Crippen LogP contribution in [0.2, 0.25) is 10.0 Å². The average Bonchev–Trinajstić information content (AvgIpc) is 1.99. The zero-order valence-corrected chi connectivity index (χ0v) is 10.6. The summed E-state index contributed by atoms with van der Waals surface area (Å²) in [7, 11) is 0. The summed E-state index contributed by atoms with van der Waals surface area (Å²) in [5.41, 5.74) is 0.959. The summed E-state index contributed by atoms with van der Waals surface area (Å²) < 4.78 is 1.03. The van der Waals surface area contributed by atoms with Gasteiger partial charge in [0.05, 0.1) is 5.02 Å². The monoisotopic (exact) mass is 364 g/mol. The van der Waals surface area contributed by atoms with Gasteiger partial charge in [-0.1, -0.05) is 39.1 Å². The van der Waals surface area contributed by atoms with Crippen molar-refractivity contribution in [1.82, 2.24) is 0 Å². The van der Waals surface area contributed by atoms with Crippen molar-refractivity contribution in [2.75, 3.05) is 0 Å². The fourth-order valence-corrected chi connectivity index (χ4v) is 2.61. The largest absolute Gasteiger partial charge is 0.0875 e. The minimum absolute atomic E-state index is 0.696. The number of hydrogen-bond donors (Lipinski definition) is 0. The van der Waals surface area contributed by atoms with Gasteiger partial charge in [-0.25, -0.2) is 0 Å². The molecule has 0 fully saturated rings. The predicted octanol–water partition coefficient (Wildman–Crippen LogP) is 4.49. The van der Waals surface area contributed by atoms with Gasteiger partial charge in [-0.05, 0) is 34.7 Å². The summed E-state index contributed by atoms with van der Waals surface area (Å²) in [5.74, 6) is 0. The number of halogens is 4. The smallest absolute Gasteiger partial charge is 0.0594 e. The molecule has 0 aliphatic rings. The standard InChI is InChI=1S/C7H4BrCl2I/c8-3-4-5(9)1-2-6(11)7(4)10/h1-2H,3H2. The quantitative estimate of drug-likeness (QED) is 0.391. The molecule has 0 atom stereocenters.